The van der Waals surface area contributed by atoms with Crippen molar-refractivity contribution in [1.82, 2.24) is 5.32 Å². The summed E-state index contributed by atoms with van der Waals surface area (Å²) in [5.74, 6) is 0. The number of carbonyl (C=O) groups excluding carboxylic acids is 1. The molecule has 1 aromatic rings. The van der Waals surface area contributed by atoms with Crippen molar-refractivity contribution in [2.24, 2.45) is 5.73 Å². The molecule has 8 heteroatoms. The van der Waals surface area contributed by atoms with Crippen LogP contribution in [0.4, 0.5) is 10.5 Å². The summed E-state index contributed by atoms with van der Waals surface area (Å²) in [7, 11) is 0. The van der Waals surface area contributed by atoms with Crippen LogP contribution < -0.4 is 16.4 Å². The summed E-state index contributed by atoms with van der Waals surface area (Å²) < 4.78 is 5.09. The first-order valence-corrected chi connectivity index (χ1v) is 7.98. The zero-order valence-electron chi connectivity index (χ0n) is 14.1. The number of amides is 1. The lowest BCUT2D eigenvalue weighted by molar-refractivity contribution is 0.0123. The number of carbonyl (C=O) groups is 1. The molecule has 7 nitrogen and oxygen atoms in total. The molecule has 0 saturated carbocycles. The molecule has 0 aliphatic heterocycles. The minimum atomic E-state index is -1.10. The highest BCUT2D eigenvalue weighted by molar-refractivity contribution is 7.80. The zero-order valence-corrected chi connectivity index (χ0v) is 14.9. The van der Waals surface area contributed by atoms with Gasteiger partial charge >= 0.3 is 6.09 Å². The molecule has 0 radical (unpaired) electrons. The van der Waals surface area contributed by atoms with Gasteiger partial charge in [-0.25, -0.2) is 4.79 Å². The van der Waals surface area contributed by atoms with Gasteiger partial charge in [0.15, 0.2) is 5.11 Å². The lowest BCUT2D eigenvalue weighted by atomic mass is 10.0. The number of hydrogen-bond donors (Lipinski definition) is 5. The molecule has 0 saturated heterocycles. The highest BCUT2D eigenvalue weighted by Gasteiger charge is 2.20. The molecule has 0 spiro atoms. The smallest absolute Gasteiger partial charge is 0.407 e. The quantitative estimate of drug-likeness (QED) is 0.493. The lowest BCUT2D eigenvalue weighted by Gasteiger charge is -2.21. The molecule has 134 valence electrons. The van der Waals surface area contributed by atoms with E-state index in [2.05, 4.69) is 10.6 Å². The standard InChI is InChI=1S/C16H25N3O4S/c1-16(2,3)23-15(22)18-8-7-12(20)13(21)10-5-4-6-11(9-10)19-14(17)24/h4-6,9,12-13,20-21H,7-8H2,1-3H3,(H,18,22)(H3,17,19,24). The van der Waals surface area contributed by atoms with Crippen molar-refractivity contribution in [3.63, 3.8) is 0 Å². The number of benzene rings is 1. The molecule has 6 N–H and O–H groups in total. The number of aliphatic hydroxyl groups excluding tert-OH is 2. The Morgan fingerprint density at radius 2 is 2.04 bits per heavy atom. The lowest BCUT2D eigenvalue weighted by Crippen LogP contribution is -2.34. The monoisotopic (exact) mass is 355 g/mol. The molecule has 2 unspecified atom stereocenters. The normalized spacial score (nSPS) is 13.7. The van der Waals surface area contributed by atoms with Crippen LogP contribution in [0.1, 0.15) is 38.9 Å². The van der Waals surface area contributed by atoms with Gasteiger partial charge in [0.05, 0.1) is 6.10 Å². The van der Waals surface area contributed by atoms with E-state index in [1.54, 1.807) is 45.0 Å². The van der Waals surface area contributed by atoms with Crippen LogP contribution in [0.2, 0.25) is 0 Å². The first-order valence-electron chi connectivity index (χ1n) is 7.58. The van der Waals surface area contributed by atoms with Crippen molar-refractivity contribution < 1.29 is 19.7 Å². The Labute approximate surface area is 147 Å². The van der Waals surface area contributed by atoms with Crippen LogP contribution in [0.25, 0.3) is 0 Å². The van der Waals surface area contributed by atoms with E-state index in [4.69, 9.17) is 22.7 Å². The third kappa shape index (κ3) is 7.58. The van der Waals surface area contributed by atoms with Crippen molar-refractivity contribution in [3.8, 4) is 0 Å². The third-order valence-corrected chi connectivity index (χ3v) is 3.07. The van der Waals surface area contributed by atoms with Gasteiger partial charge in [0.25, 0.3) is 0 Å². The number of ether oxygens (including phenoxy) is 1. The van der Waals surface area contributed by atoms with Gasteiger partial charge in [-0.2, -0.15) is 0 Å². The second-order valence-corrected chi connectivity index (χ2v) is 6.78. The summed E-state index contributed by atoms with van der Waals surface area (Å²) in [6.07, 6.45) is -2.53. The summed E-state index contributed by atoms with van der Waals surface area (Å²) in [4.78, 5) is 11.5. The Morgan fingerprint density at radius 1 is 1.38 bits per heavy atom. The van der Waals surface area contributed by atoms with E-state index in [1.807, 2.05) is 0 Å². The molecule has 2 atom stereocenters. The van der Waals surface area contributed by atoms with Crippen LogP contribution in [-0.2, 0) is 4.74 Å². The Bertz CT molecular complexity index is 575. The van der Waals surface area contributed by atoms with Crippen molar-refractivity contribution in [2.45, 2.75) is 45.0 Å². The molecule has 0 aromatic heterocycles. The highest BCUT2D eigenvalue weighted by atomic mass is 32.1. The fraction of sp³-hybridized carbons (Fsp3) is 0.500. The molecule has 1 amide bonds. The fourth-order valence-corrected chi connectivity index (χ4v) is 2.08. The minimum Gasteiger partial charge on any atom is -0.444 e. The average Bonchev–Trinajstić information content (AvgIpc) is 2.44. The van der Waals surface area contributed by atoms with E-state index < -0.39 is 23.9 Å². The van der Waals surface area contributed by atoms with E-state index in [9.17, 15) is 15.0 Å². The predicted octanol–water partition coefficient (Wildman–Crippen LogP) is 1.65. The van der Waals surface area contributed by atoms with E-state index in [0.717, 1.165) is 0 Å². The van der Waals surface area contributed by atoms with Gasteiger partial charge in [0, 0.05) is 12.2 Å². The molecule has 1 rings (SSSR count). The van der Waals surface area contributed by atoms with Gasteiger partial charge in [-0.3, -0.25) is 0 Å². The zero-order chi connectivity index (χ0) is 18.3. The number of alkyl carbamates (subject to hydrolysis) is 1. The van der Waals surface area contributed by atoms with Crippen LogP contribution in [0.3, 0.4) is 0 Å². The van der Waals surface area contributed by atoms with Crippen LogP contribution in [0.15, 0.2) is 24.3 Å². The van der Waals surface area contributed by atoms with Crippen molar-refractivity contribution in [3.05, 3.63) is 29.8 Å². The van der Waals surface area contributed by atoms with Crippen LogP contribution >= 0.6 is 12.2 Å². The number of thiocarbonyl (C=S) groups is 1. The Hall–Kier alpha value is -1.90. The number of aliphatic hydroxyl groups is 2. The molecule has 24 heavy (non-hydrogen) atoms. The van der Waals surface area contributed by atoms with Gasteiger partial charge in [0.2, 0.25) is 0 Å². The molecular weight excluding hydrogens is 330 g/mol. The first kappa shape index (κ1) is 20.1. The fourth-order valence-electron chi connectivity index (χ4n) is 1.96. The maximum Gasteiger partial charge on any atom is 0.407 e. The van der Waals surface area contributed by atoms with Gasteiger partial charge in [0.1, 0.15) is 11.7 Å². The largest absolute Gasteiger partial charge is 0.444 e. The second kappa shape index (κ2) is 8.81. The molecule has 1 aromatic carbocycles. The Morgan fingerprint density at radius 3 is 2.62 bits per heavy atom. The van der Waals surface area contributed by atoms with E-state index in [-0.39, 0.29) is 18.1 Å². The maximum atomic E-state index is 11.5. The van der Waals surface area contributed by atoms with Crippen molar-refractivity contribution >= 4 is 29.1 Å². The number of rotatable bonds is 6. The van der Waals surface area contributed by atoms with Gasteiger partial charge in [-0.15, -0.1) is 0 Å². The van der Waals surface area contributed by atoms with Crippen LogP contribution in [0.5, 0.6) is 0 Å². The number of nitrogens with two attached hydrogens (primary N) is 1. The summed E-state index contributed by atoms with van der Waals surface area (Å²) in [6.45, 7) is 5.47. The molecule has 0 aliphatic carbocycles. The van der Waals surface area contributed by atoms with Crippen molar-refractivity contribution in [2.75, 3.05) is 11.9 Å². The van der Waals surface area contributed by atoms with Crippen molar-refractivity contribution in [1.29, 1.82) is 0 Å². The first-order chi connectivity index (χ1) is 11.1. The molecule has 0 heterocycles. The van der Waals surface area contributed by atoms with E-state index >= 15 is 0 Å². The summed E-state index contributed by atoms with van der Waals surface area (Å²) in [5.41, 5.74) is 5.96. The minimum absolute atomic E-state index is 0.115. The third-order valence-electron chi connectivity index (χ3n) is 2.97. The number of anilines is 1. The molecular formula is C16H25N3O4S. The second-order valence-electron chi connectivity index (χ2n) is 6.34. The van der Waals surface area contributed by atoms with Gasteiger partial charge < -0.3 is 31.3 Å². The summed E-state index contributed by atoms with van der Waals surface area (Å²) >= 11 is 4.76. The number of nitrogens with one attached hydrogen (secondary N) is 2. The van der Waals surface area contributed by atoms with E-state index in [0.29, 0.717) is 11.3 Å². The Balaban J connectivity index is 2.51. The Kier molecular flexibility index (Phi) is 7.40. The highest BCUT2D eigenvalue weighted by Crippen LogP contribution is 2.22. The molecule has 0 fully saturated rings. The molecule has 0 bridgehead atoms. The maximum absolute atomic E-state index is 11.5. The van der Waals surface area contributed by atoms with Gasteiger partial charge in [-0.05, 0) is 57.1 Å². The van der Waals surface area contributed by atoms with Crippen LogP contribution in [0, 0.1) is 0 Å². The van der Waals surface area contributed by atoms with Gasteiger partial charge in [-0.1, -0.05) is 12.1 Å². The summed E-state index contributed by atoms with van der Waals surface area (Å²) in [6, 6.07) is 6.78. The average molecular weight is 355 g/mol. The number of hydrogen-bond acceptors (Lipinski definition) is 5. The predicted molar refractivity (Wildman–Crippen MR) is 96.7 cm³/mol. The topological polar surface area (TPSA) is 117 Å². The van der Waals surface area contributed by atoms with Crippen LogP contribution in [-0.4, -0.2) is 39.7 Å². The molecule has 0 aliphatic rings. The summed E-state index contributed by atoms with van der Waals surface area (Å²) in [5, 5.41) is 25.7. The SMILES string of the molecule is CC(C)(C)OC(=O)NCCC(O)C(O)c1cccc(NC(N)=S)c1. The van der Waals surface area contributed by atoms with E-state index in [1.165, 1.54) is 0 Å².